The highest BCUT2D eigenvalue weighted by molar-refractivity contribution is 7.91. The van der Waals surface area contributed by atoms with Crippen LogP contribution in [0.1, 0.15) is 24.8 Å². The quantitative estimate of drug-likeness (QED) is 0.839. The Balaban J connectivity index is 2.07. The molecule has 1 heterocycles. The monoisotopic (exact) mass is 292 g/mol. The van der Waals surface area contributed by atoms with Crippen LogP contribution in [0.15, 0.2) is 29.2 Å². The van der Waals surface area contributed by atoms with E-state index in [-0.39, 0.29) is 23.1 Å². The molecule has 0 unspecified atom stereocenters. The number of piperidine rings is 1. The van der Waals surface area contributed by atoms with Crippen molar-refractivity contribution < 1.29 is 13.2 Å². The van der Waals surface area contributed by atoms with Crippen molar-refractivity contribution in [1.29, 1.82) is 5.26 Å². The van der Waals surface area contributed by atoms with Crippen molar-refractivity contribution in [3.05, 3.63) is 29.8 Å². The Morgan fingerprint density at radius 2 is 2.10 bits per heavy atom. The topological polar surface area (TPSA) is 78.2 Å². The Hall–Kier alpha value is -1.87. The van der Waals surface area contributed by atoms with E-state index >= 15 is 0 Å². The highest BCUT2D eigenvalue weighted by Crippen LogP contribution is 2.15. The molecule has 20 heavy (non-hydrogen) atoms. The lowest BCUT2D eigenvalue weighted by Gasteiger charge is -2.26. The molecule has 5 nitrogen and oxygen atoms in total. The largest absolute Gasteiger partial charge is 0.342 e. The van der Waals surface area contributed by atoms with E-state index in [1.807, 2.05) is 6.07 Å². The van der Waals surface area contributed by atoms with Crippen LogP contribution in [-0.2, 0) is 14.6 Å². The lowest BCUT2D eigenvalue weighted by molar-refractivity contribution is -0.132. The minimum absolute atomic E-state index is 0.0252. The molecule has 6 heteroatoms. The van der Waals surface area contributed by atoms with E-state index in [1.54, 1.807) is 17.0 Å². The molecule has 1 aromatic rings. The second-order valence-electron chi connectivity index (χ2n) is 4.80. The van der Waals surface area contributed by atoms with Gasteiger partial charge < -0.3 is 4.90 Å². The van der Waals surface area contributed by atoms with E-state index in [2.05, 4.69) is 0 Å². The minimum Gasteiger partial charge on any atom is -0.342 e. The average Bonchev–Trinajstić information content (AvgIpc) is 2.46. The maximum Gasteiger partial charge on any atom is 0.222 e. The average molecular weight is 292 g/mol. The van der Waals surface area contributed by atoms with Gasteiger partial charge in [-0.15, -0.1) is 0 Å². The number of nitrogens with zero attached hydrogens (tertiary/aromatic N) is 2. The first kappa shape index (κ1) is 14.5. The number of sulfone groups is 1. The predicted octanol–water partition coefficient (Wildman–Crippen LogP) is 1.34. The standard InChI is InChI=1S/C14H16N2O3S/c15-11-12-4-3-5-13(10-12)20(18,19)9-8-16-7-2-1-6-14(16)17/h3-5,10H,1-2,6-9H2. The zero-order chi connectivity index (χ0) is 14.6. The van der Waals surface area contributed by atoms with Crippen LogP contribution in [0.25, 0.3) is 0 Å². The van der Waals surface area contributed by atoms with Crippen LogP contribution in [-0.4, -0.2) is 38.1 Å². The molecule has 106 valence electrons. The zero-order valence-electron chi connectivity index (χ0n) is 11.1. The third-order valence-corrected chi connectivity index (χ3v) is 5.07. The van der Waals surface area contributed by atoms with Gasteiger partial charge in [-0.3, -0.25) is 4.79 Å². The normalized spacial score (nSPS) is 15.9. The van der Waals surface area contributed by atoms with Gasteiger partial charge in [0.25, 0.3) is 0 Å². The highest BCUT2D eigenvalue weighted by atomic mass is 32.2. The van der Waals surface area contributed by atoms with E-state index in [1.165, 1.54) is 12.1 Å². The van der Waals surface area contributed by atoms with Gasteiger partial charge in [0.05, 0.1) is 22.3 Å². The summed E-state index contributed by atoms with van der Waals surface area (Å²) in [5.41, 5.74) is 0.320. The number of likely N-dealkylation sites (tertiary alicyclic amines) is 1. The van der Waals surface area contributed by atoms with E-state index in [0.29, 0.717) is 18.5 Å². The summed E-state index contributed by atoms with van der Waals surface area (Å²) in [5, 5.41) is 8.80. The predicted molar refractivity (Wildman–Crippen MR) is 73.6 cm³/mol. The van der Waals surface area contributed by atoms with Crippen molar-refractivity contribution in [2.24, 2.45) is 0 Å². The number of carbonyl (C=O) groups is 1. The van der Waals surface area contributed by atoms with Gasteiger partial charge in [-0.05, 0) is 31.0 Å². The molecule has 0 aliphatic carbocycles. The van der Waals surface area contributed by atoms with Crippen molar-refractivity contribution >= 4 is 15.7 Å². The van der Waals surface area contributed by atoms with Gasteiger partial charge in [0.15, 0.2) is 9.84 Å². The zero-order valence-corrected chi connectivity index (χ0v) is 11.9. The number of hydrogen-bond donors (Lipinski definition) is 0. The molecule has 0 N–H and O–H groups in total. The molecular weight excluding hydrogens is 276 g/mol. The number of hydrogen-bond acceptors (Lipinski definition) is 4. The molecular formula is C14H16N2O3S. The highest BCUT2D eigenvalue weighted by Gasteiger charge is 2.21. The Labute approximate surface area is 118 Å². The number of carbonyl (C=O) groups excluding carboxylic acids is 1. The maximum atomic E-state index is 12.2. The summed E-state index contributed by atoms with van der Waals surface area (Å²) in [5.74, 6) is -0.0783. The molecule has 1 aliphatic heterocycles. The fourth-order valence-electron chi connectivity index (χ4n) is 2.21. The molecule has 1 saturated heterocycles. The van der Waals surface area contributed by atoms with Gasteiger partial charge in [0, 0.05) is 19.5 Å². The summed E-state index contributed by atoms with van der Waals surface area (Å²) in [4.78, 5) is 13.4. The Morgan fingerprint density at radius 1 is 1.30 bits per heavy atom. The third-order valence-electron chi connectivity index (χ3n) is 3.37. The molecule has 1 amide bonds. The molecule has 0 radical (unpaired) electrons. The molecule has 0 bridgehead atoms. The van der Waals surface area contributed by atoms with E-state index < -0.39 is 9.84 Å². The summed E-state index contributed by atoms with van der Waals surface area (Å²) in [6.07, 6.45) is 2.31. The van der Waals surface area contributed by atoms with E-state index in [9.17, 15) is 13.2 Å². The van der Waals surface area contributed by atoms with Crippen LogP contribution in [0.2, 0.25) is 0 Å². The van der Waals surface area contributed by atoms with Gasteiger partial charge in [0.1, 0.15) is 0 Å². The molecule has 0 saturated carbocycles. The number of nitriles is 1. The van der Waals surface area contributed by atoms with Gasteiger partial charge in [0.2, 0.25) is 5.91 Å². The molecule has 0 spiro atoms. The van der Waals surface area contributed by atoms with Crippen molar-refractivity contribution in [2.75, 3.05) is 18.8 Å². The molecule has 0 atom stereocenters. The van der Waals surface area contributed by atoms with Crippen LogP contribution in [0.4, 0.5) is 0 Å². The second-order valence-corrected chi connectivity index (χ2v) is 6.91. The van der Waals surface area contributed by atoms with Crippen molar-refractivity contribution in [2.45, 2.75) is 24.2 Å². The van der Waals surface area contributed by atoms with Gasteiger partial charge in [-0.25, -0.2) is 8.42 Å². The Morgan fingerprint density at radius 3 is 2.80 bits per heavy atom. The van der Waals surface area contributed by atoms with Crippen LogP contribution in [0.5, 0.6) is 0 Å². The Bertz CT molecular complexity index is 647. The molecule has 0 aromatic heterocycles. The van der Waals surface area contributed by atoms with Crippen LogP contribution >= 0.6 is 0 Å². The number of amides is 1. The summed E-state index contributed by atoms with van der Waals surface area (Å²) in [6, 6.07) is 7.89. The molecule has 1 aliphatic rings. The smallest absolute Gasteiger partial charge is 0.222 e. The number of rotatable bonds is 4. The SMILES string of the molecule is N#Cc1cccc(S(=O)(=O)CCN2CCCCC2=O)c1. The first-order chi connectivity index (χ1) is 9.53. The summed E-state index contributed by atoms with van der Waals surface area (Å²) in [7, 11) is -3.46. The van der Waals surface area contributed by atoms with Gasteiger partial charge in [-0.2, -0.15) is 5.26 Å². The summed E-state index contributed by atoms with van der Waals surface area (Å²) >= 11 is 0. The van der Waals surface area contributed by atoms with Gasteiger partial charge >= 0.3 is 0 Å². The lowest BCUT2D eigenvalue weighted by Crippen LogP contribution is -2.38. The summed E-state index contributed by atoms with van der Waals surface area (Å²) in [6.45, 7) is 0.852. The van der Waals surface area contributed by atoms with Crippen LogP contribution in [0.3, 0.4) is 0 Å². The molecule has 1 fully saturated rings. The lowest BCUT2D eigenvalue weighted by atomic mass is 10.1. The molecule has 1 aromatic carbocycles. The van der Waals surface area contributed by atoms with Crippen molar-refractivity contribution in [3.63, 3.8) is 0 Å². The summed E-state index contributed by atoms with van der Waals surface area (Å²) < 4.78 is 24.4. The van der Waals surface area contributed by atoms with Gasteiger partial charge in [-0.1, -0.05) is 6.07 Å². The number of benzene rings is 1. The van der Waals surface area contributed by atoms with Crippen molar-refractivity contribution in [3.8, 4) is 6.07 Å². The maximum absolute atomic E-state index is 12.2. The molecule has 2 rings (SSSR count). The van der Waals surface area contributed by atoms with Crippen LogP contribution < -0.4 is 0 Å². The van der Waals surface area contributed by atoms with Crippen molar-refractivity contribution in [1.82, 2.24) is 4.90 Å². The Kier molecular flexibility index (Phi) is 4.40. The third kappa shape index (κ3) is 3.36. The fourth-order valence-corrected chi connectivity index (χ4v) is 3.49. The van der Waals surface area contributed by atoms with Crippen LogP contribution in [0, 0.1) is 11.3 Å². The van der Waals surface area contributed by atoms with E-state index in [4.69, 9.17) is 5.26 Å². The first-order valence-corrected chi connectivity index (χ1v) is 8.19. The van der Waals surface area contributed by atoms with E-state index in [0.717, 1.165) is 12.8 Å². The second kappa shape index (κ2) is 6.06. The first-order valence-electron chi connectivity index (χ1n) is 6.53. The fraction of sp³-hybridized carbons (Fsp3) is 0.429. The minimum atomic E-state index is -3.46.